The molecule has 1 amide bonds. The lowest BCUT2D eigenvalue weighted by molar-refractivity contribution is -0.150. The maximum Gasteiger partial charge on any atom is 0.251 e. The van der Waals surface area contributed by atoms with Crippen LogP contribution in [0.15, 0.2) is 0 Å². The summed E-state index contributed by atoms with van der Waals surface area (Å²) in [6.45, 7) is 1.72. The van der Waals surface area contributed by atoms with Crippen LogP contribution in [-0.4, -0.2) is 47.8 Å². The number of ether oxygens (including phenoxy) is 1. The molecule has 2 aliphatic heterocycles. The van der Waals surface area contributed by atoms with Crippen LogP contribution >= 0.6 is 0 Å². The van der Waals surface area contributed by atoms with Crippen molar-refractivity contribution in [2.24, 2.45) is 0 Å². The van der Waals surface area contributed by atoms with E-state index in [4.69, 9.17) is 9.84 Å². The lowest BCUT2D eigenvalue weighted by Gasteiger charge is -2.38. The number of hydrogen-bond donors (Lipinski definition) is 1. The third-order valence-corrected chi connectivity index (χ3v) is 3.83. The van der Waals surface area contributed by atoms with Gasteiger partial charge in [-0.2, -0.15) is 0 Å². The van der Waals surface area contributed by atoms with E-state index in [9.17, 15) is 4.79 Å². The van der Waals surface area contributed by atoms with Crippen molar-refractivity contribution in [1.82, 2.24) is 4.90 Å². The molecule has 2 rings (SSSR count). The minimum absolute atomic E-state index is 0.155. The van der Waals surface area contributed by atoms with Crippen molar-refractivity contribution in [3.63, 3.8) is 0 Å². The van der Waals surface area contributed by atoms with Crippen molar-refractivity contribution in [3.05, 3.63) is 0 Å². The molecule has 17 heavy (non-hydrogen) atoms. The van der Waals surface area contributed by atoms with Gasteiger partial charge in [-0.3, -0.25) is 4.79 Å². The van der Waals surface area contributed by atoms with E-state index < -0.39 is 0 Å². The maximum atomic E-state index is 12.4. The van der Waals surface area contributed by atoms with Gasteiger partial charge in [-0.05, 0) is 44.9 Å². The van der Waals surface area contributed by atoms with Gasteiger partial charge in [0.15, 0.2) is 0 Å². The Balaban J connectivity index is 1.94. The van der Waals surface area contributed by atoms with Gasteiger partial charge in [0.1, 0.15) is 6.10 Å². The van der Waals surface area contributed by atoms with Gasteiger partial charge in [-0.15, -0.1) is 0 Å². The topological polar surface area (TPSA) is 49.8 Å². The molecule has 0 saturated carbocycles. The van der Waals surface area contributed by atoms with Gasteiger partial charge in [0.25, 0.3) is 5.91 Å². The predicted molar refractivity (Wildman–Crippen MR) is 64.6 cm³/mol. The first-order chi connectivity index (χ1) is 8.33. The largest absolute Gasteiger partial charge is 0.396 e. The van der Waals surface area contributed by atoms with Crippen LogP contribution in [0.3, 0.4) is 0 Å². The summed E-state index contributed by atoms with van der Waals surface area (Å²) in [7, 11) is 0. The fourth-order valence-electron chi connectivity index (χ4n) is 2.86. The second-order valence-electron chi connectivity index (χ2n) is 5.05. The Bertz CT molecular complexity index is 249. The molecule has 2 saturated heterocycles. The zero-order valence-corrected chi connectivity index (χ0v) is 10.4. The summed E-state index contributed by atoms with van der Waals surface area (Å²) in [5.74, 6) is 0.155. The molecule has 4 heteroatoms. The minimum Gasteiger partial charge on any atom is -0.396 e. The number of amides is 1. The van der Waals surface area contributed by atoms with E-state index in [1.165, 1.54) is 6.42 Å². The monoisotopic (exact) mass is 241 g/mol. The lowest BCUT2D eigenvalue weighted by atomic mass is 9.97. The molecule has 2 fully saturated rings. The van der Waals surface area contributed by atoms with Crippen LogP contribution in [0.4, 0.5) is 0 Å². The highest BCUT2D eigenvalue weighted by atomic mass is 16.5. The van der Waals surface area contributed by atoms with Crippen LogP contribution in [0.1, 0.15) is 44.9 Å². The molecule has 2 atom stereocenters. The molecule has 98 valence electrons. The quantitative estimate of drug-likeness (QED) is 0.810. The average molecular weight is 241 g/mol. The molecular formula is C13H23NO3. The highest BCUT2D eigenvalue weighted by Gasteiger charge is 2.32. The summed E-state index contributed by atoms with van der Waals surface area (Å²) in [6, 6.07) is 0.228. The predicted octanol–water partition coefficient (Wildman–Crippen LogP) is 1.32. The van der Waals surface area contributed by atoms with Gasteiger partial charge >= 0.3 is 0 Å². The van der Waals surface area contributed by atoms with Crippen LogP contribution in [0.2, 0.25) is 0 Å². The van der Waals surface area contributed by atoms with Gasteiger partial charge in [0.05, 0.1) is 0 Å². The molecule has 1 N–H and O–H groups in total. The first kappa shape index (κ1) is 12.8. The minimum atomic E-state index is -0.219. The van der Waals surface area contributed by atoms with E-state index in [1.807, 2.05) is 4.90 Å². The SMILES string of the molecule is O=C(C1CCCCO1)N1CCCCC1CCO. The highest BCUT2D eigenvalue weighted by molar-refractivity contribution is 5.81. The normalized spacial score (nSPS) is 30.3. The third kappa shape index (κ3) is 3.19. The molecule has 0 aliphatic carbocycles. The summed E-state index contributed by atoms with van der Waals surface area (Å²) in [4.78, 5) is 14.3. The fourth-order valence-corrected chi connectivity index (χ4v) is 2.86. The third-order valence-electron chi connectivity index (χ3n) is 3.83. The van der Waals surface area contributed by atoms with Crippen LogP contribution in [0.25, 0.3) is 0 Å². The van der Waals surface area contributed by atoms with E-state index in [0.29, 0.717) is 6.42 Å². The van der Waals surface area contributed by atoms with Crippen molar-refractivity contribution in [2.45, 2.75) is 57.1 Å². The first-order valence-electron chi connectivity index (χ1n) is 6.86. The van der Waals surface area contributed by atoms with E-state index in [2.05, 4.69) is 0 Å². The fraction of sp³-hybridized carbons (Fsp3) is 0.923. The molecule has 0 radical (unpaired) electrons. The molecule has 4 nitrogen and oxygen atoms in total. The summed E-state index contributed by atoms with van der Waals surface area (Å²) in [5, 5.41) is 9.06. The molecule has 2 aliphatic rings. The summed E-state index contributed by atoms with van der Waals surface area (Å²) in [5.41, 5.74) is 0. The van der Waals surface area contributed by atoms with Crippen molar-refractivity contribution < 1.29 is 14.6 Å². The second-order valence-corrected chi connectivity index (χ2v) is 5.05. The van der Waals surface area contributed by atoms with Gasteiger partial charge in [-0.25, -0.2) is 0 Å². The van der Waals surface area contributed by atoms with Crippen molar-refractivity contribution in [3.8, 4) is 0 Å². The Morgan fingerprint density at radius 3 is 2.76 bits per heavy atom. The van der Waals surface area contributed by atoms with E-state index in [1.54, 1.807) is 0 Å². The van der Waals surface area contributed by atoms with Crippen molar-refractivity contribution in [1.29, 1.82) is 0 Å². The van der Waals surface area contributed by atoms with E-state index >= 15 is 0 Å². The average Bonchev–Trinajstić information content (AvgIpc) is 2.40. The zero-order chi connectivity index (χ0) is 12.1. The molecule has 0 aromatic carbocycles. The number of rotatable bonds is 3. The summed E-state index contributed by atoms with van der Waals surface area (Å²) < 4.78 is 5.57. The summed E-state index contributed by atoms with van der Waals surface area (Å²) in [6.07, 6.45) is 6.79. The zero-order valence-electron chi connectivity index (χ0n) is 10.4. The molecule has 2 heterocycles. The number of piperidine rings is 1. The Hall–Kier alpha value is -0.610. The van der Waals surface area contributed by atoms with Gasteiger partial charge in [-0.1, -0.05) is 0 Å². The van der Waals surface area contributed by atoms with Crippen LogP contribution in [-0.2, 0) is 9.53 Å². The number of aliphatic hydroxyl groups excluding tert-OH is 1. The highest BCUT2D eigenvalue weighted by Crippen LogP contribution is 2.23. The van der Waals surface area contributed by atoms with Crippen LogP contribution < -0.4 is 0 Å². The number of aliphatic hydroxyl groups is 1. The smallest absolute Gasteiger partial charge is 0.251 e. The van der Waals surface area contributed by atoms with Crippen LogP contribution in [0.5, 0.6) is 0 Å². The standard InChI is InChI=1S/C13H23NO3/c15-9-7-11-5-1-3-8-14(11)13(16)12-6-2-4-10-17-12/h11-12,15H,1-10H2. The number of nitrogens with zero attached hydrogens (tertiary/aromatic N) is 1. The second kappa shape index (κ2) is 6.36. The maximum absolute atomic E-state index is 12.4. The van der Waals surface area contributed by atoms with Crippen molar-refractivity contribution >= 4 is 5.91 Å². The number of carbonyl (C=O) groups is 1. The van der Waals surface area contributed by atoms with Gasteiger partial charge in [0, 0.05) is 25.8 Å². The Labute approximate surface area is 103 Å². The Morgan fingerprint density at radius 1 is 1.24 bits per heavy atom. The van der Waals surface area contributed by atoms with E-state index in [0.717, 1.165) is 45.3 Å². The molecule has 0 aromatic rings. The van der Waals surface area contributed by atoms with Crippen LogP contribution in [0, 0.1) is 0 Å². The number of carbonyl (C=O) groups excluding carboxylic acids is 1. The van der Waals surface area contributed by atoms with Gasteiger partial charge in [0.2, 0.25) is 0 Å². The Morgan fingerprint density at radius 2 is 2.06 bits per heavy atom. The molecule has 0 spiro atoms. The molecule has 0 aromatic heterocycles. The Kier molecular flexibility index (Phi) is 4.80. The number of likely N-dealkylation sites (tertiary alicyclic amines) is 1. The van der Waals surface area contributed by atoms with Gasteiger partial charge < -0.3 is 14.7 Å². The summed E-state index contributed by atoms with van der Waals surface area (Å²) >= 11 is 0. The van der Waals surface area contributed by atoms with Crippen molar-refractivity contribution in [2.75, 3.05) is 19.8 Å². The lowest BCUT2D eigenvalue weighted by Crippen LogP contribution is -2.49. The molecule has 2 unspecified atom stereocenters. The molecular weight excluding hydrogens is 218 g/mol. The molecule has 0 bridgehead atoms. The first-order valence-corrected chi connectivity index (χ1v) is 6.86. The number of hydrogen-bond acceptors (Lipinski definition) is 3. The van der Waals surface area contributed by atoms with E-state index in [-0.39, 0.29) is 24.7 Å².